The number of hydrogen-bond acceptors (Lipinski definition) is 5. The maximum Gasteiger partial charge on any atom is 0.245 e. The normalized spacial score (nSPS) is 14.8. The molecule has 1 atom stereocenters. The van der Waals surface area contributed by atoms with E-state index < -0.39 is 11.6 Å². The minimum absolute atomic E-state index is 0.0455. The highest BCUT2D eigenvalue weighted by atomic mass is 16.4. The van der Waals surface area contributed by atoms with Gasteiger partial charge in [-0.3, -0.25) is 0 Å². The van der Waals surface area contributed by atoms with Gasteiger partial charge in [0.1, 0.15) is 6.10 Å². The lowest BCUT2D eigenvalue weighted by atomic mass is 10.1. The van der Waals surface area contributed by atoms with Crippen molar-refractivity contribution < 1.29 is 9.52 Å². The zero-order chi connectivity index (χ0) is 10.9. The lowest BCUT2D eigenvalue weighted by Crippen LogP contribution is -2.29. The molecule has 3 N–H and O–H groups in total. The first-order valence-corrected chi connectivity index (χ1v) is 4.63. The molecule has 0 amide bonds. The zero-order valence-electron chi connectivity index (χ0n) is 8.98. The summed E-state index contributed by atoms with van der Waals surface area (Å²) in [6.07, 6.45) is -0.724. The standard InChI is InChI=1S/C9H17N3O2/c1-5(2)6(13)7-11-12-8(14-7)9(3,4)10/h5-6,13H,10H2,1-4H3. The first kappa shape index (κ1) is 11.1. The molecule has 5 heteroatoms. The van der Waals surface area contributed by atoms with Crippen LogP contribution in [0.4, 0.5) is 0 Å². The molecule has 14 heavy (non-hydrogen) atoms. The van der Waals surface area contributed by atoms with Crippen molar-refractivity contribution >= 4 is 0 Å². The van der Waals surface area contributed by atoms with Crippen molar-refractivity contribution in [2.45, 2.75) is 39.3 Å². The monoisotopic (exact) mass is 199 g/mol. The highest BCUT2D eigenvalue weighted by Gasteiger charge is 2.25. The van der Waals surface area contributed by atoms with Gasteiger partial charge in [0.25, 0.3) is 0 Å². The fraction of sp³-hybridized carbons (Fsp3) is 0.778. The van der Waals surface area contributed by atoms with Crippen LogP contribution in [0.5, 0.6) is 0 Å². The molecule has 0 saturated carbocycles. The van der Waals surface area contributed by atoms with Gasteiger partial charge >= 0.3 is 0 Å². The molecule has 1 aromatic heterocycles. The Labute approximate surface area is 83.3 Å². The zero-order valence-corrected chi connectivity index (χ0v) is 8.98. The quantitative estimate of drug-likeness (QED) is 0.757. The van der Waals surface area contributed by atoms with Crippen LogP contribution in [-0.4, -0.2) is 15.3 Å². The van der Waals surface area contributed by atoms with Gasteiger partial charge < -0.3 is 15.3 Å². The van der Waals surface area contributed by atoms with Crippen molar-refractivity contribution in [1.82, 2.24) is 10.2 Å². The molecule has 0 radical (unpaired) electrons. The lowest BCUT2D eigenvalue weighted by Gasteiger charge is -2.12. The average molecular weight is 199 g/mol. The van der Waals surface area contributed by atoms with E-state index in [1.165, 1.54) is 0 Å². The number of nitrogens with two attached hydrogens (primary N) is 1. The van der Waals surface area contributed by atoms with E-state index in [9.17, 15) is 5.11 Å². The maximum atomic E-state index is 9.64. The Morgan fingerprint density at radius 3 is 2.29 bits per heavy atom. The van der Waals surface area contributed by atoms with Crippen LogP contribution in [0.2, 0.25) is 0 Å². The molecule has 0 saturated heterocycles. The van der Waals surface area contributed by atoms with Gasteiger partial charge in [-0.25, -0.2) is 0 Å². The van der Waals surface area contributed by atoms with Crippen LogP contribution < -0.4 is 5.73 Å². The highest BCUT2D eigenvalue weighted by molar-refractivity contribution is 4.96. The van der Waals surface area contributed by atoms with Crippen molar-refractivity contribution in [2.24, 2.45) is 11.7 Å². The Morgan fingerprint density at radius 1 is 1.36 bits per heavy atom. The molecule has 0 aromatic carbocycles. The van der Waals surface area contributed by atoms with Crippen LogP contribution in [0, 0.1) is 5.92 Å². The Morgan fingerprint density at radius 2 is 1.93 bits per heavy atom. The first-order valence-electron chi connectivity index (χ1n) is 4.63. The van der Waals surface area contributed by atoms with Crippen molar-refractivity contribution in [3.63, 3.8) is 0 Å². The minimum atomic E-state index is -0.724. The SMILES string of the molecule is CC(C)C(O)c1nnc(C(C)(C)N)o1. The van der Waals surface area contributed by atoms with E-state index in [1.54, 1.807) is 13.8 Å². The summed E-state index contributed by atoms with van der Waals surface area (Å²) in [6.45, 7) is 7.29. The average Bonchev–Trinajstić information content (AvgIpc) is 2.49. The number of aliphatic hydroxyl groups excluding tert-OH is 1. The molecule has 0 spiro atoms. The maximum absolute atomic E-state index is 9.64. The van der Waals surface area contributed by atoms with Gasteiger partial charge in [0, 0.05) is 0 Å². The molecule has 1 unspecified atom stereocenters. The first-order chi connectivity index (χ1) is 6.32. The van der Waals surface area contributed by atoms with Gasteiger partial charge in [-0.05, 0) is 19.8 Å². The second-order valence-electron chi connectivity index (χ2n) is 4.36. The summed E-state index contributed by atoms with van der Waals surface area (Å²) >= 11 is 0. The molecule has 0 aliphatic heterocycles. The number of aromatic nitrogens is 2. The molecular formula is C9H17N3O2. The molecule has 80 valence electrons. The second-order valence-corrected chi connectivity index (χ2v) is 4.36. The van der Waals surface area contributed by atoms with Crippen molar-refractivity contribution in [3.05, 3.63) is 11.8 Å². The third kappa shape index (κ3) is 2.30. The fourth-order valence-corrected chi connectivity index (χ4v) is 0.900. The Bertz CT molecular complexity index is 301. The van der Waals surface area contributed by atoms with Gasteiger partial charge in [-0.1, -0.05) is 13.8 Å². The van der Waals surface area contributed by atoms with Gasteiger partial charge in [-0.2, -0.15) is 0 Å². The summed E-state index contributed by atoms with van der Waals surface area (Å²) in [4.78, 5) is 0. The van der Waals surface area contributed by atoms with E-state index in [1.807, 2.05) is 13.8 Å². The summed E-state index contributed by atoms with van der Waals surface area (Å²) in [5, 5.41) is 17.2. The van der Waals surface area contributed by atoms with Gasteiger partial charge in [-0.15, -0.1) is 10.2 Å². The minimum Gasteiger partial charge on any atom is -0.420 e. The molecular weight excluding hydrogens is 182 g/mol. The van der Waals surface area contributed by atoms with E-state index in [0.717, 1.165) is 0 Å². The summed E-state index contributed by atoms with van der Waals surface area (Å²) in [6, 6.07) is 0. The summed E-state index contributed by atoms with van der Waals surface area (Å²) in [5.41, 5.74) is 5.10. The van der Waals surface area contributed by atoms with Crippen LogP contribution in [0.15, 0.2) is 4.42 Å². The smallest absolute Gasteiger partial charge is 0.245 e. The highest BCUT2D eigenvalue weighted by Crippen LogP contribution is 2.22. The van der Waals surface area contributed by atoms with E-state index in [4.69, 9.17) is 10.2 Å². The molecule has 1 heterocycles. The predicted molar refractivity (Wildman–Crippen MR) is 51.3 cm³/mol. The Hall–Kier alpha value is -0.940. The third-order valence-electron chi connectivity index (χ3n) is 1.88. The van der Waals surface area contributed by atoms with E-state index in [2.05, 4.69) is 10.2 Å². The van der Waals surface area contributed by atoms with Crippen LogP contribution in [0.3, 0.4) is 0 Å². The van der Waals surface area contributed by atoms with E-state index in [0.29, 0.717) is 5.89 Å². The Balaban J connectivity index is 2.89. The van der Waals surface area contributed by atoms with Crippen LogP contribution in [0.25, 0.3) is 0 Å². The summed E-state index contributed by atoms with van der Waals surface area (Å²) in [5.74, 6) is 0.616. The van der Waals surface area contributed by atoms with E-state index >= 15 is 0 Å². The third-order valence-corrected chi connectivity index (χ3v) is 1.88. The molecule has 5 nitrogen and oxygen atoms in total. The summed E-state index contributed by atoms with van der Waals surface area (Å²) in [7, 11) is 0. The number of hydrogen-bond donors (Lipinski definition) is 2. The number of nitrogens with zero attached hydrogens (tertiary/aromatic N) is 2. The van der Waals surface area contributed by atoms with E-state index in [-0.39, 0.29) is 11.8 Å². The second kappa shape index (κ2) is 3.67. The topological polar surface area (TPSA) is 85.2 Å². The fourth-order valence-electron chi connectivity index (χ4n) is 0.900. The number of aliphatic hydroxyl groups is 1. The largest absolute Gasteiger partial charge is 0.420 e. The van der Waals surface area contributed by atoms with Crippen molar-refractivity contribution in [1.29, 1.82) is 0 Å². The van der Waals surface area contributed by atoms with Gasteiger partial charge in [0.15, 0.2) is 0 Å². The van der Waals surface area contributed by atoms with Crippen LogP contribution in [-0.2, 0) is 5.54 Å². The van der Waals surface area contributed by atoms with Crippen molar-refractivity contribution in [2.75, 3.05) is 0 Å². The predicted octanol–water partition coefficient (Wildman–Crippen LogP) is 0.953. The van der Waals surface area contributed by atoms with Crippen LogP contribution >= 0.6 is 0 Å². The van der Waals surface area contributed by atoms with Gasteiger partial charge in [0.05, 0.1) is 5.54 Å². The lowest BCUT2D eigenvalue weighted by molar-refractivity contribution is 0.0938. The molecule has 0 aliphatic rings. The molecule has 1 rings (SSSR count). The number of rotatable bonds is 3. The molecule has 0 fully saturated rings. The van der Waals surface area contributed by atoms with Crippen molar-refractivity contribution in [3.8, 4) is 0 Å². The summed E-state index contributed by atoms with van der Waals surface area (Å²) < 4.78 is 5.27. The molecule has 0 aliphatic carbocycles. The van der Waals surface area contributed by atoms with Gasteiger partial charge in [0.2, 0.25) is 11.8 Å². The molecule has 1 aromatic rings. The molecule has 0 bridgehead atoms. The van der Waals surface area contributed by atoms with Crippen LogP contribution in [0.1, 0.15) is 45.6 Å². The Kier molecular flexibility index (Phi) is 2.92.